The first-order valence-corrected chi connectivity index (χ1v) is 26.9. The largest absolute Gasteiger partial charge is 0.497 e. The molecular formula is C62H62N10O12. The summed E-state index contributed by atoms with van der Waals surface area (Å²) in [5.74, 6) is -1.78. The molecule has 5 aromatic rings. The fraction of sp³-hybridized carbons (Fsp3) is 0.258. The maximum absolute atomic E-state index is 14.2. The zero-order valence-corrected chi connectivity index (χ0v) is 47.0. The SMILES string of the molecule is C=CC(=O)Nc1cc(C(=O)NC(C(=O)N[C@@H](C)C(=O)Nc2ccc(C3=CN4C(=O)c5cc(OC)c(OCCCOc6cc7c(cc6OC)C(=O)N6C=C(c8ccc(OC)cc8)C[C@H]6C=N7)cc5N=CC4C3)cc2)C(C)C)cc(NC(=O)C=C)n1. The molecule has 0 spiro atoms. The van der Waals surface area contributed by atoms with Crippen molar-refractivity contribution in [2.45, 2.75) is 64.2 Å². The Hall–Kier alpha value is -10.4. The molecule has 0 aliphatic carbocycles. The van der Waals surface area contributed by atoms with Gasteiger partial charge in [0.05, 0.1) is 69.1 Å². The summed E-state index contributed by atoms with van der Waals surface area (Å²) in [5.41, 5.74) is 5.74. The van der Waals surface area contributed by atoms with Crippen molar-refractivity contribution in [1.82, 2.24) is 25.4 Å². The number of benzene rings is 4. The van der Waals surface area contributed by atoms with Crippen molar-refractivity contribution in [3.63, 3.8) is 0 Å². The molecule has 0 saturated heterocycles. The molecule has 4 aliphatic heterocycles. The van der Waals surface area contributed by atoms with Crippen LogP contribution in [0.2, 0.25) is 0 Å². The molecule has 0 radical (unpaired) electrons. The number of nitrogens with one attached hydrogen (secondary N) is 5. The first-order chi connectivity index (χ1) is 40.5. The molecule has 4 atom stereocenters. The van der Waals surface area contributed by atoms with E-state index in [1.165, 1.54) is 33.3 Å². The number of nitrogens with zero attached hydrogens (tertiary/aromatic N) is 5. The summed E-state index contributed by atoms with van der Waals surface area (Å²) >= 11 is 0. The molecule has 5 heterocycles. The topological polar surface area (TPSA) is 270 Å². The minimum atomic E-state index is -1.10. The smallest absolute Gasteiger partial charge is 0.260 e. The van der Waals surface area contributed by atoms with Crippen molar-refractivity contribution in [2.75, 3.05) is 50.5 Å². The van der Waals surface area contributed by atoms with Crippen molar-refractivity contribution >= 4 is 93.6 Å². The first-order valence-electron chi connectivity index (χ1n) is 26.9. The van der Waals surface area contributed by atoms with E-state index in [0.717, 1.165) is 40.2 Å². The van der Waals surface area contributed by atoms with Gasteiger partial charge >= 0.3 is 0 Å². The molecule has 5 N–H and O–H groups in total. The lowest BCUT2D eigenvalue weighted by Crippen LogP contribution is -2.53. The molecule has 84 heavy (non-hydrogen) atoms. The second-order valence-electron chi connectivity index (χ2n) is 20.2. The molecule has 0 bridgehead atoms. The molecule has 4 aromatic carbocycles. The van der Waals surface area contributed by atoms with Gasteiger partial charge in [-0.1, -0.05) is 51.3 Å². The summed E-state index contributed by atoms with van der Waals surface area (Å²) in [7, 11) is 4.63. The van der Waals surface area contributed by atoms with Crippen LogP contribution in [0.5, 0.6) is 28.7 Å². The van der Waals surface area contributed by atoms with E-state index in [2.05, 4.69) is 44.7 Å². The number of hydrogen-bond donors (Lipinski definition) is 5. The monoisotopic (exact) mass is 1140 g/mol. The number of hydrogen-bond acceptors (Lipinski definition) is 15. The number of aliphatic imine (C=N–C) groups is 2. The number of amides is 7. The van der Waals surface area contributed by atoms with Crippen molar-refractivity contribution in [3.05, 3.63) is 150 Å². The summed E-state index contributed by atoms with van der Waals surface area (Å²) in [6.07, 6.45) is 10.7. The van der Waals surface area contributed by atoms with Crippen LogP contribution in [0.15, 0.2) is 133 Å². The van der Waals surface area contributed by atoms with Crippen molar-refractivity contribution in [1.29, 1.82) is 0 Å². The number of fused-ring (bicyclic) bond motifs is 4. The third-order valence-corrected chi connectivity index (χ3v) is 14.2. The maximum atomic E-state index is 14.2. The minimum absolute atomic E-state index is 0.0299. The zero-order chi connectivity index (χ0) is 59.8. The Kier molecular flexibility index (Phi) is 17.8. The van der Waals surface area contributed by atoms with Crippen molar-refractivity contribution in [3.8, 4) is 28.7 Å². The summed E-state index contributed by atoms with van der Waals surface area (Å²) in [6, 6.07) is 21.2. The summed E-state index contributed by atoms with van der Waals surface area (Å²) in [4.78, 5) is 109. The molecule has 22 heteroatoms. The van der Waals surface area contributed by atoms with Crippen LogP contribution in [-0.2, 0) is 19.2 Å². The number of pyridine rings is 1. The Morgan fingerprint density at radius 2 is 1.11 bits per heavy atom. The second-order valence-corrected chi connectivity index (χ2v) is 20.2. The van der Waals surface area contributed by atoms with E-state index in [1.807, 2.05) is 42.6 Å². The molecular weight excluding hydrogens is 1080 g/mol. The Balaban J connectivity index is 0.769. The molecule has 432 valence electrons. The lowest BCUT2D eigenvalue weighted by atomic mass is 10.0. The van der Waals surface area contributed by atoms with Gasteiger partial charge in [-0.25, -0.2) is 4.98 Å². The van der Waals surface area contributed by atoms with Gasteiger partial charge in [-0.15, -0.1) is 0 Å². The van der Waals surface area contributed by atoms with Crippen molar-refractivity contribution in [2.24, 2.45) is 15.9 Å². The van der Waals surface area contributed by atoms with Gasteiger partial charge in [0.25, 0.3) is 17.7 Å². The second kappa shape index (κ2) is 25.6. The summed E-state index contributed by atoms with van der Waals surface area (Å²) in [6.45, 7) is 12.2. The number of rotatable bonds is 22. The molecule has 9 rings (SSSR count). The predicted molar refractivity (Wildman–Crippen MR) is 317 cm³/mol. The van der Waals surface area contributed by atoms with Crippen molar-refractivity contribution < 1.29 is 57.2 Å². The number of ether oxygens (including phenoxy) is 5. The molecule has 1 aromatic heterocycles. The van der Waals surface area contributed by atoms with Crippen LogP contribution in [0.25, 0.3) is 11.1 Å². The molecule has 2 unspecified atom stereocenters. The highest BCUT2D eigenvalue weighted by molar-refractivity contribution is 6.08. The van der Waals surface area contributed by atoms with E-state index in [-0.39, 0.29) is 54.3 Å². The van der Waals surface area contributed by atoms with Crippen LogP contribution in [-0.4, -0.2) is 127 Å². The summed E-state index contributed by atoms with van der Waals surface area (Å²) in [5, 5.41) is 13.1. The predicted octanol–water partition coefficient (Wildman–Crippen LogP) is 8.05. The summed E-state index contributed by atoms with van der Waals surface area (Å²) < 4.78 is 29.0. The third-order valence-electron chi connectivity index (χ3n) is 14.2. The van der Waals surface area contributed by atoms with E-state index in [0.29, 0.717) is 70.4 Å². The number of aromatic nitrogens is 1. The van der Waals surface area contributed by atoms with E-state index in [9.17, 15) is 33.6 Å². The van der Waals surface area contributed by atoms with Gasteiger partial charge in [-0.3, -0.25) is 43.5 Å². The number of carbonyl (C=O) groups is 7. The highest BCUT2D eigenvalue weighted by Gasteiger charge is 2.36. The lowest BCUT2D eigenvalue weighted by molar-refractivity contribution is -0.128. The Morgan fingerprint density at radius 3 is 1.56 bits per heavy atom. The van der Waals surface area contributed by atoms with Crippen LogP contribution >= 0.6 is 0 Å². The minimum Gasteiger partial charge on any atom is -0.497 e. The van der Waals surface area contributed by atoms with Gasteiger partial charge in [0, 0.05) is 67.5 Å². The Bertz CT molecular complexity index is 3550. The normalized spacial score (nSPS) is 16.2. The van der Waals surface area contributed by atoms with Crippen LogP contribution < -0.4 is 50.3 Å². The van der Waals surface area contributed by atoms with Gasteiger partial charge in [0.15, 0.2) is 23.0 Å². The molecule has 7 amide bonds. The average molecular weight is 1140 g/mol. The van der Waals surface area contributed by atoms with E-state index < -0.39 is 47.5 Å². The number of anilines is 3. The zero-order valence-electron chi connectivity index (χ0n) is 47.0. The van der Waals surface area contributed by atoms with E-state index in [1.54, 1.807) is 85.8 Å². The number of carbonyl (C=O) groups excluding carboxylic acids is 7. The molecule has 4 aliphatic rings. The third kappa shape index (κ3) is 13.0. The van der Waals surface area contributed by atoms with Gasteiger partial charge < -0.3 is 60.1 Å². The van der Waals surface area contributed by atoms with Crippen LogP contribution in [0.1, 0.15) is 82.2 Å². The average Bonchev–Trinajstić information content (AvgIpc) is 2.95. The van der Waals surface area contributed by atoms with Gasteiger partial charge in [-0.2, -0.15) is 0 Å². The van der Waals surface area contributed by atoms with Crippen LogP contribution in [0.4, 0.5) is 28.7 Å². The highest BCUT2D eigenvalue weighted by atomic mass is 16.5. The van der Waals surface area contributed by atoms with E-state index in [4.69, 9.17) is 33.7 Å². The van der Waals surface area contributed by atoms with E-state index >= 15 is 0 Å². The fourth-order valence-electron chi connectivity index (χ4n) is 9.66. The quantitative estimate of drug-likeness (QED) is 0.0325. The fourth-order valence-corrected chi connectivity index (χ4v) is 9.66. The Labute approximate surface area is 484 Å². The maximum Gasteiger partial charge on any atom is 0.260 e. The highest BCUT2D eigenvalue weighted by Crippen LogP contribution is 2.42. The Morgan fingerprint density at radius 1 is 0.619 bits per heavy atom. The van der Waals surface area contributed by atoms with Crippen LogP contribution in [0, 0.1) is 5.92 Å². The van der Waals surface area contributed by atoms with Crippen LogP contribution in [0.3, 0.4) is 0 Å². The standard InChI is InChI=1S/C62H62N10O12/c1-9-55(73)68-53-24-38(25-54(67-53)69-56(74)10-2)59(76)70-57(34(3)4)60(77)65-35(5)58(75)66-41-16-12-36(13-17-41)39-22-42-30-63-47-28-51(49(81-7)26-45(47)61(78)71(42)32-39)83-20-11-21-84-52-29-48-46(27-50(52)82-8)62(79)72-33-40(23-43(72)31-64-48)37-14-18-44(80-6)19-15-37/h9-10,12-19,24-35,42-43,57H,1-2,11,20-23H2,3-8H3,(H,65,77)(H,66,75)(H,70,76)(H2,67,68,69,73,74)/t35-,42?,43-,57?/m0/s1. The molecule has 0 saturated carbocycles. The van der Waals surface area contributed by atoms with Gasteiger partial charge in [-0.05, 0) is 95.8 Å². The molecule has 22 nitrogen and oxygen atoms in total. The number of methoxy groups -OCH3 is 3. The molecule has 0 fully saturated rings. The lowest BCUT2D eigenvalue weighted by Gasteiger charge is -2.24. The van der Waals surface area contributed by atoms with Gasteiger partial charge in [0.1, 0.15) is 29.5 Å². The first kappa shape index (κ1) is 58.3. The van der Waals surface area contributed by atoms with Gasteiger partial charge in [0.2, 0.25) is 23.6 Å².